The third kappa shape index (κ3) is 4.46. The first kappa shape index (κ1) is 20.5. The summed E-state index contributed by atoms with van der Waals surface area (Å²) < 4.78 is 72.2. The fourth-order valence-electron chi connectivity index (χ4n) is 2.58. The van der Waals surface area contributed by atoms with Crippen LogP contribution in [0.1, 0.15) is 53.1 Å². The Morgan fingerprint density at radius 2 is 2.04 bits per heavy atom. The van der Waals surface area contributed by atoms with Crippen molar-refractivity contribution < 1.29 is 36.6 Å². The molecule has 1 fully saturated rings. The van der Waals surface area contributed by atoms with Crippen LogP contribution >= 0.6 is 11.8 Å². The van der Waals surface area contributed by atoms with Crippen molar-refractivity contribution >= 4 is 23.8 Å². The fraction of sp³-hybridized carbons (Fsp3) is 0.500. The maximum atomic E-state index is 13.5. The van der Waals surface area contributed by atoms with E-state index in [2.05, 4.69) is 4.98 Å². The number of carbonyl (C=O) groups is 1. The molecule has 2 heterocycles. The molecule has 0 saturated carbocycles. The van der Waals surface area contributed by atoms with Crippen molar-refractivity contribution in [2.45, 2.75) is 32.9 Å². The Bertz CT molecular complexity index is 724. The molecule has 0 atom stereocenters. The summed E-state index contributed by atoms with van der Waals surface area (Å²) >= 11 is 1.16. The molecule has 1 saturated heterocycles. The molecule has 4 nitrogen and oxygen atoms in total. The van der Waals surface area contributed by atoms with E-state index in [1.807, 2.05) is 0 Å². The van der Waals surface area contributed by atoms with Crippen molar-refractivity contribution in [1.29, 1.82) is 0 Å². The van der Waals surface area contributed by atoms with Gasteiger partial charge in [0.2, 0.25) is 0 Å². The van der Waals surface area contributed by atoms with Crippen molar-refractivity contribution in [3.05, 3.63) is 33.2 Å². The van der Waals surface area contributed by atoms with Gasteiger partial charge in [0.25, 0.3) is 6.43 Å². The second-order valence-corrected chi connectivity index (χ2v) is 7.07. The summed E-state index contributed by atoms with van der Waals surface area (Å²) in [7, 11) is 0. The minimum absolute atomic E-state index is 0.128. The predicted molar refractivity (Wildman–Crippen MR) is 86.1 cm³/mol. The largest absolute Gasteiger partial charge is 0.486 e. The molecule has 2 rings (SSSR count). The van der Waals surface area contributed by atoms with Gasteiger partial charge >= 0.3 is 12.1 Å². The Morgan fingerprint density at radius 3 is 2.46 bits per heavy atom. The molecular weight excluding hydrogens is 381 g/mol. The summed E-state index contributed by atoms with van der Waals surface area (Å²) in [6.07, 6.45) is -7.56. The second-order valence-electron chi connectivity index (χ2n) is 5.97. The van der Waals surface area contributed by atoms with Crippen LogP contribution in [0.5, 0.6) is 0 Å². The molecule has 0 unspecified atom stereocenters. The number of nitrogens with zero attached hydrogens (tertiary/aromatic N) is 1. The van der Waals surface area contributed by atoms with Crippen LogP contribution in [0, 0.1) is 5.92 Å². The molecule has 0 aliphatic carbocycles. The molecule has 0 spiro atoms. The Hall–Kier alpha value is -1.84. The molecule has 1 aliphatic rings. The van der Waals surface area contributed by atoms with Crippen LogP contribution in [0.2, 0.25) is 0 Å². The highest BCUT2D eigenvalue weighted by Crippen LogP contribution is 2.39. The SMILES string of the molecule is CC(C)Cc1c(/C=C2/OCCS2)c(C(F)(F)F)nc(C(F)F)c1C(=O)O. The van der Waals surface area contributed by atoms with E-state index >= 15 is 0 Å². The van der Waals surface area contributed by atoms with Crippen LogP contribution in [-0.2, 0) is 17.3 Å². The van der Waals surface area contributed by atoms with E-state index in [1.165, 1.54) is 0 Å². The molecule has 0 aromatic carbocycles. The summed E-state index contributed by atoms with van der Waals surface area (Å²) in [5, 5.41) is 9.55. The zero-order chi connectivity index (χ0) is 19.6. The highest BCUT2D eigenvalue weighted by Gasteiger charge is 2.40. The van der Waals surface area contributed by atoms with Crippen molar-refractivity contribution in [3.63, 3.8) is 0 Å². The predicted octanol–water partition coefficient (Wildman–Crippen LogP) is 5.00. The maximum absolute atomic E-state index is 13.5. The number of carboxylic acid groups (broad SMARTS) is 1. The van der Waals surface area contributed by atoms with Gasteiger partial charge < -0.3 is 9.84 Å². The molecule has 1 aromatic rings. The second kappa shape index (κ2) is 7.81. The highest BCUT2D eigenvalue weighted by molar-refractivity contribution is 8.03. The first-order valence-corrected chi connectivity index (χ1v) is 8.63. The first-order valence-electron chi connectivity index (χ1n) is 7.65. The van der Waals surface area contributed by atoms with E-state index in [0.29, 0.717) is 12.4 Å². The third-order valence-electron chi connectivity index (χ3n) is 3.51. The molecular formula is C16H16F5NO3S. The smallest absolute Gasteiger partial charge is 0.433 e. The summed E-state index contributed by atoms with van der Waals surface area (Å²) in [6, 6.07) is 0. The van der Waals surface area contributed by atoms with Gasteiger partial charge in [-0.25, -0.2) is 18.6 Å². The van der Waals surface area contributed by atoms with E-state index in [1.54, 1.807) is 13.8 Å². The Balaban J connectivity index is 2.89. The van der Waals surface area contributed by atoms with E-state index in [-0.39, 0.29) is 23.0 Å². The van der Waals surface area contributed by atoms with Gasteiger partial charge in [-0.3, -0.25) is 0 Å². The molecule has 144 valence electrons. The van der Waals surface area contributed by atoms with E-state index in [0.717, 1.165) is 17.8 Å². The van der Waals surface area contributed by atoms with Crippen molar-refractivity contribution in [2.75, 3.05) is 12.4 Å². The lowest BCUT2D eigenvalue weighted by atomic mass is 9.91. The molecule has 0 radical (unpaired) electrons. The van der Waals surface area contributed by atoms with Gasteiger partial charge in [0.05, 0.1) is 12.2 Å². The number of aromatic carboxylic acids is 1. The number of hydrogen-bond donors (Lipinski definition) is 1. The molecule has 1 aliphatic heterocycles. The topological polar surface area (TPSA) is 59.4 Å². The van der Waals surface area contributed by atoms with Gasteiger partial charge in [0.15, 0.2) is 10.8 Å². The van der Waals surface area contributed by atoms with Crippen LogP contribution in [-0.4, -0.2) is 28.4 Å². The molecule has 0 amide bonds. The molecule has 26 heavy (non-hydrogen) atoms. The first-order chi connectivity index (χ1) is 12.0. The number of ether oxygens (including phenoxy) is 1. The van der Waals surface area contributed by atoms with Gasteiger partial charge in [-0.1, -0.05) is 25.6 Å². The summed E-state index contributed by atoms with van der Waals surface area (Å²) in [5.74, 6) is -1.48. The number of rotatable bonds is 5. The Morgan fingerprint density at radius 1 is 1.38 bits per heavy atom. The van der Waals surface area contributed by atoms with Gasteiger partial charge in [0, 0.05) is 11.3 Å². The number of thioether (sulfide) groups is 1. The molecule has 10 heteroatoms. The van der Waals surface area contributed by atoms with Gasteiger partial charge in [-0.05, 0) is 24.0 Å². The van der Waals surface area contributed by atoms with Gasteiger partial charge in [0.1, 0.15) is 5.69 Å². The van der Waals surface area contributed by atoms with Gasteiger partial charge in [-0.15, -0.1) is 0 Å². The minimum atomic E-state index is -5.03. The quantitative estimate of drug-likeness (QED) is 0.709. The monoisotopic (exact) mass is 397 g/mol. The number of pyridine rings is 1. The lowest BCUT2D eigenvalue weighted by Gasteiger charge is -2.20. The van der Waals surface area contributed by atoms with E-state index in [9.17, 15) is 31.9 Å². The zero-order valence-electron chi connectivity index (χ0n) is 13.9. The van der Waals surface area contributed by atoms with Gasteiger partial charge in [-0.2, -0.15) is 13.2 Å². The number of aromatic nitrogens is 1. The summed E-state index contributed by atoms with van der Waals surface area (Å²) in [4.78, 5) is 14.6. The number of hydrogen-bond acceptors (Lipinski definition) is 4. The van der Waals surface area contributed by atoms with Crippen LogP contribution in [0.3, 0.4) is 0 Å². The van der Waals surface area contributed by atoms with Crippen molar-refractivity contribution in [1.82, 2.24) is 4.98 Å². The number of alkyl halides is 5. The lowest BCUT2D eigenvalue weighted by molar-refractivity contribution is -0.141. The Kier molecular flexibility index (Phi) is 6.15. The Labute approximate surface area is 150 Å². The maximum Gasteiger partial charge on any atom is 0.433 e. The van der Waals surface area contributed by atoms with Crippen LogP contribution in [0.15, 0.2) is 5.09 Å². The van der Waals surface area contributed by atoms with Crippen molar-refractivity contribution in [2.24, 2.45) is 5.92 Å². The average molecular weight is 397 g/mol. The number of carboxylic acids is 1. The average Bonchev–Trinajstić information content (AvgIpc) is 2.99. The summed E-state index contributed by atoms with van der Waals surface area (Å²) in [6.45, 7) is 3.60. The van der Waals surface area contributed by atoms with Crippen molar-refractivity contribution in [3.8, 4) is 0 Å². The van der Waals surface area contributed by atoms with E-state index in [4.69, 9.17) is 4.74 Å². The number of halogens is 5. The molecule has 1 N–H and O–H groups in total. The zero-order valence-corrected chi connectivity index (χ0v) is 14.7. The standard InChI is InChI=1S/C16H16F5NO3S/c1-7(2)5-8-9(6-10-25-3-4-26-10)13(16(19,20)21)22-12(14(17)18)11(8)15(23)24/h6-7,14H,3-5H2,1-2H3,(H,23,24)/b10-6-. The normalized spacial score (nSPS) is 16.6. The highest BCUT2D eigenvalue weighted by atomic mass is 32.2. The summed E-state index contributed by atoms with van der Waals surface area (Å²) in [5.41, 5.74) is -4.62. The third-order valence-corrected chi connectivity index (χ3v) is 4.40. The molecule has 0 bridgehead atoms. The lowest BCUT2D eigenvalue weighted by Crippen LogP contribution is -2.20. The van der Waals surface area contributed by atoms with Crippen LogP contribution in [0.25, 0.3) is 6.08 Å². The minimum Gasteiger partial charge on any atom is -0.486 e. The van der Waals surface area contributed by atoms with Crippen LogP contribution < -0.4 is 0 Å². The molecule has 1 aromatic heterocycles. The van der Waals surface area contributed by atoms with E-state index < -0.39 is 41.1 Å². The fourth-order valence-corrected chi connectivity index (χ4v) is 3.32. The van der Waals surface area contributed by atoms with Crippen LogP contribution in [0.4, 0.5) is 22.0 Å².